The highest BCUT2D eigenvalue weighted by Gasteiger charge is 2.26. The lowest BCUT2D eigenvalue weighted by atomic mass is 10.1. The average molecular weight is 1290 g/mol. The summed E-state index contributed by atoms with van der Waals surface area (Å²) < 4.78 is 70.2. The third-order valence-electron chi connectivity index (χ3n) is 11.4. The van der Waals surface area contributed by atoms with Crippen LogP contribution in [0.25, 0.3) is 0 Å². The highest BCUT2D eigenvalue weighted by Crippen LogP contribution is 2.29. The van der Waals surface area contributed by atoms with E-state index >= 15 is 0 Å². The fourth-order valence-corrected chi connectivity index (χ4v) is 8.63. The number of nitrogens with one attached hydrogen (secondary N) is 3. The van der Waals surface area contributed by atoms with Gasteiger partial charge in [0.25, 0.3) is 17.6 Å². The van der Waals surface area contributed by atoms with E-state index in [-0.39, 0.29) is 60.6 Å². The molecule has 0 bridgehead atoms. The van der Waals surface area contributed by atoms with E-state index in [0.29, 0.717) is 108 Å². The molecular weight excluding hydrogens is 1200 g/mol. The van der Waals surface area contributed by atoms with Crippen molar-refractivity contribution in [3.63, 3.8) is 0 Å². The normalized spacial score (nSPS) is 15.5. The van der Waals surface area contributed by atoms with E-state index in [4.69, 9.17) is 53.2 Å². The number of morpholine rings is 3. The van der Waals surface area contributed by atoms with Crippen LogP contribution < -0.4 is 44.9 Å². The number of anilines is 3. The first-order chi connectivity index (χ1) is 41.1. The molecule has 0 unspecified atom stereocenters. The van der Waals surface area contributed by atoms with E-state index < -0.39 is 24.0 Å². The van der Waals surface area contributed by atoms with Gasteiger partial charge in [0.2, 0.25) is 17.5 Å². The van der Waals surface area contributed by atoms with Crippen LogP contribution in [0.1, 0.15) is 122 Å². The van der Waals surface area contributed by atoms with Gasteiger partial charge in [-0.15, -0.1) is 13.1 Å². The van der Waals surface area contributed by atoms with Crippen molar-refractivity contribution in [2.45, 2.75) is 157 Å². The van der Waals surface area contributed by atoms with Crippen molar-refractivity contribution in [1.82, 2.24) is 42.2 Å². The first-order valence-electron chi connectivity index (χ1n) is 29.1. The van der Waals surface area contributed by atoms with Crippen molar-refractivity contribution < 1.29 is 82.3 Å². The molecule has 0 saturated carbocycles. The summed E-state index contributed by atoms with van der Waals surface area (Å²) in [6.07, 6.45) is 3.13. The Labute approximate surface area is 524 Å². The number of β-amino-alcohol motifs (C(OH)–C–C–N with tert-alkyl or cyclic N) is 1. The molecular formula is C55H96N12O17S3. The lowest BCUT2D eigenvalue weighted by molar-refractivity contribution is -0.151. The zero-order valence-corrected chi connectivity index (χ0v) is 55.2. The molecule has 3 aliphatic rings. The van der Waals surface area contributed by atoms with Crippen molar-refractivity contribution >= 4 is 82.5 Å². The van der Waals surface area contributed by atoms with Crippen molar-refractivity contribution in [2.24, 2.45) is 0 Å². The van der Waals surface area contributed by atoms with Crippen LogP contribution in [0.15, 0.2) is 12.2 Å². The molecule has 0 spiro atoms. The van der Waals surface area contributed by atoms with E-state index in [2.05, 4.69) is 119 Å². The molecule has 3 atom stereocenters. The molecule has 0 radical (unpaired) electrons. The molecule has 0 aliphatic carbocycles. The van der Waals surface area contributed by atoms with Crippen LogP contribution in [-0.4, -0.2) is 230 Å². The second-order valence-corrected chi connectivity index (χ2v) is 24.4. The molecule has 32 heteroatoms. The Morgan fingerprint density at radius 1 is 0.494 bits per heavy atom. The van der Waals surface area contributed by atoms with Crippen molar-refractivity contribution in [2.75, 3.05) is 133 Å². The number of aliphatic hydroxyl groups excluding tert-OH is 1. The Kier molecular flexibility index (Phi) is 37.6. The van der Waals surface area contributed by atoms with Gasteiger partial charge >= 0.3 is 29.8 Å². The smallest absolute Gasteiger partial charge is 0.328 e. The number of hydrogen-bond acceptors (Lipinski definition) is 29. The molecule has 0 amide bonds. The summed E-state index contributed by atoms with van der Waals surface area (Å²) in [5.74, 6) is 0.0614. The van der Waals surface area contributed by atoms with Gasteiger partial charge in [-0.25, -0.2) is 9.59 Å². The number of nitrogens with zero attached hydrogens (tertiary/aromatic N) is 9. The van der Waals surface area contributed by atoms with Gasteiger partial charge in [-0.05, 0) is 81.6 Å². The van der Waals surface area contributed by atoms with Crippen LogP contribution >= 0.6 is 35.2 Å². The molecule has 3 aliphatic heterocycles. The largest absolute Gasteiger partial charge is 0.481 e. The third-order valence-corrected chi connectivity index (χ3v) is 12.9. The Hall–Kier alpha value is -5.71. The number of hydrogen-bond donors (Lipinski definition) is 7. The average Bonchev–Trinajstić information content (AvgIpc) is 3.91. The van der Waals surface area contributed by atoms with E-state index in [1.807, 2.05) is 20.8 Å². The first kappa shape index (κ1) is 77.4. The molecule has 3 fully saturated rings. The molecule has 496 valence electrons. The number of aliphatic carboxylic acids is 3. The number of carbonyl (C=O) groups is 5. The van der Waals surface area contributed by atoms with Gasteiger partial charge in [0.1, 0.15) is 38.1 Å². The number of esters is 2. The topological polar surface area (TPSA) is 363 Å². The standard InChI is InChI=1S/2C17H30N4O4S.C13H24N4O3S.C4H4O4.C4H8O2/c2*1-5-6-14(22)25-13(11-18-17(2,3)4)12-24-16-15(19-26-20-16)21-7-9-23-10-8-21;1-13(2,3)14-8-10(18)9-20-12-11(15-21-16-12)17-4-6-19-7-5-17;5-3(6)1-2-4(7)8;1-2-3-4(5)6/h2*13,18H,5-12H2,1-4H3;10,14,18H,4-9H2,1-3H3;1-2H,(H,5,6)(H,7,8);2-3H2,1H3,(H,5,6)/b;;;2-1-;/t2*13-;10-;;/m000../s1. The van der Waals surface area contributed by atoms with Crippen molar-refractivity contribution in [3.05, 3.63) is 12.2 Å². The lowest BCUT2D eigenvalue weighted by Crippen LogP contribution is -2.44. The molecule has 29 nitrogen and oxygen atoms in total. The van der Waals surface area contributed by atoms with Gasteiger partial charge in [-0.3, -0.25) is 14.4 Å². The minimum atomic E-state index is -1.26. The molecule has 3 saturated heterocycles. The molecule has 6 rings (SSSR count). The third kappa shape index (κ3) is 37.0. The fraction of sp³-hybridized carbons (Fsp3) is 0.764. The minimum absolute atomic E-state index is 0.0257. The van der Waals surface area contributed by atoms with Crippen LogP contribution in [-0.2, 0) is 47.7 Å². The molecule has 87 heavy (non-hydrogen) atoms. The number of aromatic nitrogens is 6. The summed E-state index contributed by atoms with van der Waals surface area (Å²) in [4.78, 5) is 58.8. The zero-order chi connectivity index (χ0) is 64.8. The maximum atomic E-state index is 11.9. The Balaban J connectivity index is 0.000000402. The summed E-state index contributed by atoms with van der Waals surface area (Å²) in [6, 6.07) is 0. The minimum Gasteiger partial charge on any atom is -0.481 e. The summed E-state index contributed by atoms with van der Waals surface area (Å²) in [5.41, 5.74) is -0.171. The maximum Gasteiger partial charge on any atom is 0.328 e. The van der Waals surface area contributed by atoms with Crippen LogP contribution in [0, 0.1) is 0 Å². The van der Waals surface area contributed by atoms with E-state index in [1.54, 1.807) is 0 Å². The summed E-state index contributed by atoms with van der Waals surface area (Å²) in [7, 11) is 0. The van der Waals surface area contributed by atoms with E-state index in [1.165, 1.54) is 0 Å². The van der Waals surface area contributed by atoms with Gasteiger partial charge in [-0.1, -0.05) is 20.8 Å². The van der Waals surface area contributed by atoms with Crippen LogP contribution in [0.3, 0.4) is 0 Å². The van der Waals surface area contributed by atoms with Crippen LogP contribution in [0.4, 0.5) is 17.5 Å². The van der Waals surface area contributed by atoms with E-state index in [0.717, 1.165) is 111 Å². The monoisotopic (exact) mass is 1290 g/mol. The fourth-order valence-electron chi connectivity index (χ4n) is 7.07. The Morgan fingerprint density at radius 2 is 0.793 bits per heavy atom. The second kappa shape index (κ2) is 42.3. The molecule has 6 heterocycles. The molecule has 7 N–H and O–H groups in total. The lowest BCUT2D eigenvalue weighted by Gasteiger charge is -2.27. The van der Waals surface area contributed by atoms with Gasteiger partial charge in [0, 0.05) is 107 Å². The first-order valence-corrected chi connectivity index (χ1v) is 31.3. The predicted octanol–water partition coefficient (Wildman–Crippen LogP) is 4.79. The zero-order valence-electron chi connectivity index (χ0n) is 52.7. The van der Waals surface area contributed by atoms with Crippen molar-refractivity contribution in [3.8, 4) is 17.6 Å². The number of carboxylic acid groups (broad SMARTS) is 3. The number of rotatable bonds is 28. The quantitative estimate of drug-likeness (QED) is 0.0379. The second-order valence-electron chi connectivity index (χ2n) is 22.8. The summed E-state index contributed by atoms with van der Waals surface area (Å²) >= 11 is 3.37. The molecule has 0 aromatic carbocycles. The molecule has 3 aromatic heterocycles. The predicted molar refractivity (Wildman–Crippen MR) is 331 cm³/mol. The summed E-state index contributed by atoms with van der Waals surface area (Å²) in [6.45, 7) is 35.2. The van der Waals surface area contributed by atoms with Gasteiger partial charge < -0.3 is 89.0 Å². The Morgan fingerprint density at radius 3 is 1.06 bits per heavy atom. The highest BCUT2D eigenvalue weighted by molar-refractivity contribution is 7.00. The SMILES string of the molecule is CC(C)(C)NC[C@H](O)COc1nsnc1N1CCOCC1.CCCC(=O)O.CCCC(=O)O[C@@H](CNC(C)(C)C)COc1nsnc1N1CCOCC1.CCCC(=O)O[C@@H](CNC(C)(C)C)COc1nsnc1N1CCOCC1.O=C(O)/C=C\C(=O)O. The number of aliphatic hydroxyl groups is 1. The maximum absolute atomic E-state index is 11.9. The van der Waals surface area contributed by atoms with Gasteiger partial charge in [0.05, 0.1) is 74.8 Å². The van der Waals surface area contributed by atoms with Crippen LogP contribution in [0.5, 0.6) is 17.6 Å². The van der Waals surface area contributed by atoms with Crippen LogP contribution in [0.2, 0.25) is 0 Å². The van der Waals surface area contributed by atoms with Crippen molar-refractivity contribution in [1.29, 1.82) is 0 Å². The van der Waals surface area contributed by atoms with Gasteiger partial charge in [0.15, 0.2) is 0 Å². The number of ether oxygens (including phenoxy) is 8. The van der Waals surface area contributed by atoms with E-state index in [9.17, 15) is 29.1 Å². The summed E-state index contributed by atoms with van der Waals surface area (Å²) in [5, 5.41) is 43.4. The highest BCUT2D eigenvalue weighted by atomic mass is 32.1. The number of carbonyl (C=O) groups excluding carboxylic acids is 2. The number of carboxylic acids is 3. The van der Waals surface area contributed by atoms with Gasteiger partial charge in [-0.2, -0.15) is 13.1 Å². The molecule has 3 aromatic rings. The Bertz CT molecular complexity index is 2300.